The van der Waals surface area contributed by atoms with Crippen LogP contribution >= 0.6 is 0 Å². The number of carbonyl (C=O) groups is 1. The van der Waals surface area contributed by atoms with E-state index in [1.54, 1.807) is 0 Å². The Bertz CT molecular complexity index is 456. The van der Waals surface area contributed by atoms with Gasteiger partial charge in [0.2, 0.25) is 5.91 Å². The van der Waals surface area contributed by atoms with Crippen LogP contribution in [0.1, 0.15) is 50.7 Å². The molecular formula is C17H26N2O. The highest BCUT2D eigenvalue weighted by Crippen LogP contribution is 2.24. The Kier molecular flexibility index (Phi) is 5.18. The summed E-state index contributed by atoms with van der Waals surface area (Å²) in [6.45, 7) is 8.14. The van der Waals surface area contributed by atoms with Gasteiger partial charge in [-0.3, -0.25) is 4.79 Å². The Morgan fingerprint density at radius 1 is 1.30 bits per heavy atom. The molecule has 1 heterocycles. The van der Waals surface area contributed by atoms with Gasteiger partial charge in [0.15, 0.2) is 0 Å². The highest BCUT2D eigenvalue weighted by molar-refractivity contribution is 5.84. The molecule has 1 aliphatic rings. The van der Waals surface area contributed by atoms with Gasteiger partial charge in [-0.2, -0.15) is 0 Å². The van der Waals surface area contributed by atoms with Gasteiger partial charge in [-0.15, -0.1) is 0 Å². The fraction of sp³-hybridized carbons (Fsp3) is 0.588. The van der Waals surface area contributed by atoms with Crippen molar-refractivity contribution >= 4 is 5.91 Å². The van der Waals surface area contributed by atoms with Gasteiger partial charge in [0.1, 0.15) is 0 Å². The molecule has 2 N–H and O–H groups in total. The van der Waals surface area contributed by atoms with E-state index in [1.807, 2.05) is 12.1 Å². The minimum absolute atomic E-state index is 0.0542. The van der Waals surface area contributed by atoms with Crippen molar-refractivity contribution in [1.29, 1.82) is 0 Å². The molecule has 2 atom stereocenters. The number of hydrogen-bond donors (Lipinski definition) is 2. The number of fused-ring (bicyclic) bond motifs is 1. The third-order valence-corrected chi connectivity index (χ3v) is 3.98. The van der Waals surface area contributed by atoms with Crippen molar-refractivity contribution < 1.29 is 4.79 Å². The second kappa shape index (κ2) is 6.89. The summed E-state index contributed by atoms with van der Waals surface area (Å²) in [5, 5.41) is 6.50. The summed E-state index contributed by atoms with van der Waals surface area (Å²) in [7, 11) is 0. The van der Waals surface area contributed by atoms with E-state index in [-0.39, 0.29) is 17.9 Å². The van der Waals surface area contributed by atoms with E-state index < -0.39 is 0 Å². The predicted octanol–water partition coefficient (Wildman–Crippen LogP) is 2.81. The first kappa shape index (κ1) is 15.0. The Morgan fingerprint density at radius 3 is 2.80 bits per heavy atom. The molecule has 0 aromatic heterocycles. The monoisotopic (exact) mass is 274 g/mol. The summed E-state index contributed by atoms with van der Waals surface area (Å²) >= 11 is 0. The average molecular weight is 274 g/mol. The van der Waals surface area contributed by atoms with Gasteiger partial charge in [0.05, 0.1) is 5.92 Å². The van der Waals surface area contributed by atoms with Gasteiger partial charge in [0.25, 0.3) is 0 Å². The number of benzene rings is 1. The minimum atomic E-state index is -0.0542. The second-order valence-electron chi connectivity index (χ2n) is 6.26. The maximum atomic E-state index is 12.5. The van der Waals surface area contributed by atoms with Crippen molar-refractivity contribution in [2.45, 2.75) is 52.1 Å². The first-order chi connectivity index (χ1) is 9.58. The van der Waals surface area contributed by atoms with Crippen molar-refractivity contribution in [1.82, 2.24) is 10.6 Å². The average Bonchev–Trinajstić information content (AvgIpc) is 2.44. The van der Waals surface area contributed by atoms with Gasteiger partial charge < -0.3 is 10.6 Å². The molecular weight excluding hydrogens is 248 g/mol. The largest absolute Gasteiger partial charge is 0.353 e. The lowest BCUT2D eigenvalue weighted by Crippen LogP contribution is -2.42. The van der Waals surface area contributed by atoms with Crippen molar-refractivity contribution in [3.8, 4) is 0 Å². The fourth-order valence-corrected chi connectivity index (χ4v) is 2.73. The molecule has 1 aliphatic heterocycles. The van der Waals surface area contributed by atoms with Crippen LogP contribution in [0.5, 0.6) is 0 Å². The van der Waals surface area contributed by atoms with E-state index >= 15 is 0 Å². The van der Waals surface area contributed by atoms with Crippen LogP contribution < -0.4 is 10.6 Å². The standard InChI is InChI=1S/C17H26N2O/c1-12(2)8-9-13(3)19-17(20)16-11-18-10-14-6-4-5-7-15(14)16/h4-7,12-13,16,18H,8-11H2,1-3H3,(H,19,20). The molecule has 1 amide bonds. The van der Waals surface area contributed by atoms with Crippen LogP contribution in [0.2, 0.25) is 0 Å². The Labute approximate surface area is 122 Å². The Balaban J connectivity index is 1.97. The van der Waals surface area contributed by atoms with Crippen LogP contribution in [0, 0.1) is 5.92 Å². The van der Waals surface area contributed by atoms with Crippen LogP contribution in [0.15, 0.2) is 24.3 Å². The number of rotatable bonds is 5. The first-order valence-corrected chi connectivity index (χ1v) is 7.66. The topological polar surface area (TPSA) is 41.1 Å². The van der Waals surface area contributed by atoms with E-state index in [0.717, 1.165) is 25.9 Å². The zero-order valence-corrected chi connectivity index (χ0v) is 12.8. The van der Waals surface area contributed by atoms with Crippen molar-refractivity contribution in [2.24, 2.45) is 5.92 Å². The molecule has 3 heteroatoms. The molecule has 110 valence electrons. The van der Waals surface area contributed by atoms with Gasteiger partial charge in [-0.1, -0.05) is 38.1 Å². The maximum absolute atomic E-state index is 12.5. The molecule has 2 rings (SSSR count). The van der Waals surface area contributed by atoms with Crippen molar-refractivity contribution in [3.05, 3.63) is 35.4 Å². The number of carbonyl (C=O) groups excluding carboxylic acids is 1. The molecule has 20 heavy (non-hydrogen) atoms. The first-order valence-electron chi connectivity index (χ1n) is 7.66. The summed E-state index contributed by atoms with van der Waals surface area (Å²) in [4.78, 5) is 12.5. The van der Waals surface area contributed by atoms with E-state index in [0.29, 0.717) is 5.92 Å². The lowest BCUT2D eigenvalue weighted by Gasteiger charge is -2.27. The quantitative estimate of drug-likeness (QED) is 0.867. The van der Waals surface area contributed by atoms with E-state index in [1.165, 1.54) is 11.1 Å². The van der Waals surface area contributed by atoms with E-state index in [4.69, 9.17) is 0 Å². The molecule has 0 spiro atoms. The molecule has 0 saturated heterocycles. The molecule has 0 radical (unpaired) electrons. The van der Waals surface area contributed by atoms with Crippen LogP contribution in [0.3, 0.4) is 0 Å². The van der Waals surface area contributed by atoms with Crippen LogP contribution in [0.25, 0.3) is 0 Å². The second-order valence-corrected chi connectivity index (χ2v) is 6.26. The van der Waals surface area contributed by atoms with Crippen LogP contribution in [0.4, 0.5) is 0 Å². The SMILES string of the molecule is CC(C)CCC(C)NC(=O)C1CNCc2ccccc21. The Morgan fingerprint density at radius 2 is 2.05 bits per heavy atom. The summed E-state index contributed by atoms with van der Waals surface area (Å²) < 4.78 is 0. The Hall–Kier alpha value is -1.35. The number of hydrogen-bond acceptors (Lipinski definition) is 2. The van der Waals surface area contributed by atoms with Crippen LogP contribution in [-0.4, -0.2) is 18.5 Å². The predicted molar refractivity (Wildman–Crippen MR) is 82.6 cm³/mol. The molecule has 0 aliphatic carbocycles. The minimum Gasteiger partial charge on any atom is -0.353 e. The zero-order valence-electron chi connectivity index (χ0n) is 12.8. The highest BCUT2D eigenvalue weighted by Gasteiger charge is 2.26. The molecule has 1 aromatic carbocycles. The van der Waals surface area contributed by atoms with Gasteiger partial charge in [0, 0.05) is 19.1 Å². The summed E-state index contributed by atoms with van der Waals surface area (Å²) in [5.41, 5.74) is 2.42. The van der Waals surface area contributed by atoms with Crippen molar-refractivity contribution in [3.63, 3.8) is 0 Å². The lowest BCUT2D eigenvalue weighted by molar-refractivity contribution is -0.123. The smallest absolute Gasteiger partial charge is 0.229 e. The van der Waals surface area contributed by atoms with Gasteiger partial charge in [-0.25, -0.2) is 0 Å². The third-order valence-electron chi connectivity index (χ3n) is 3.98. The van der Waals surface area contributed by atoms with E-state index in [9.17, 15) is 4.79 Å². The summed E-state index contributed by atoms with van der Waals surface area (Å²) in [5.74, 6) is 0.786. The van der Waals surface area contributed by atoms with Crippen LogP contribution in [-0.2, 0) is 11.3 Å². The maximum Gasteiger partial charge on any atom is 0.229 e. The molecule has 0 bridgehead atoms. The lowest BCUT2D eigenvalue weighted by atomic mass is 9.90. The highest BCUT2D eigenvalue weighted by atomic mass is 16.2. The normalized spacial score (nSPS) is 19.5. The molecule has 2 unspecified atom stereocenters. The number of amides is 1. The molecule has 0 fully saturated rings. The summed E-state index contributed by atoms with van der Waals surface area (Å²) in [6.07, 6.45) is 2.20. The van der Waals surface area contributed by atoms with Crippen molar-refractivity contribution in [2.75, 3.05) is 6.54 Å². The molecule has 0 saturated carbocycles. The fourth-order valence-electron chi connectivity index (χ4n) is 2.73. The molecule has 3 nitrogen and oxygen atoms in total. The third kappa shape index (κ3) is 3.83. The van der Waals surface area contributed by atoms with Gasteiger partial charge >= 0.3 is 0 Å². The van der Waals surface area contributed by atoms with E-state index in [2.05, 4.69) is 43.5 Å². The molecule has 1 aromatic rings. The number of nitrogens with one attached hydrogen (secondary N) is 2. The zero-order chi connectivity index (χ0) is 14.5. The van der Waals surface area contributed by atoms with Gasteiger partial charge in [-0.05, 0) is 36.8 Å². The summed E-state index contributed by atoms with van der Waals surface area (Å²) in [6, 6.07) is 8.49.